The monoisotopic (exact) mass is 1090 g/mol. The van der Waals surface area contributed by atoms with Gasteiger partial charge in [0, 0.05) is 24.9 Å². The number of aliphatic hydroxyl groups is 2. The van der Waals surface area contributed by atoms with Gasteiger partial charge >= 0.3 is 5.97 Å². The third-order valence-electron chi connectivity index (χ3n) is 14.0. The molecule has 3 unspecified atom stereocenters. The van der Waals surface area contributed by atoms with Crippen molar-refractivity contribution < 1.29 is 63.3 Å². The number of primary amides is 1. The zero-order valence-corrected chi connectivity index (χ0v) is 45.7. The SMILES string of the molecule is CCC(C)[C@H](NC(=O)[C@@H]1CCCN1C(=O)[C@H](CO)NC(=O)[C@@H](NC(=O)[C@@H]1CCCN1C[C@H](Cc1ccccc1)NC(=O)[C@H](CC(N)=O)NC(=O)[C@H](CC(C)C)NC(=O)[C@@H](NC(=O)[C@@H](N)CS)C(C)O)C(C)CC)C(=O)O. The van der Waals surface area contributed by atoms with Gasteiger partial charge < -0.3 is 68.9 Å². The Morgan fingerprint density at radius 1 is 0.684 bits per heavy atom. The quantitative estimate of drug-likeness (QED) is 0.0351. The molecule has 2 heterocycles. The molecule has 0 bridgehead atoms. The van der Waals surface area contributed by atoms with Crippen LogP contribution in [-0.2, 0) is 54.4 Å². The molecule has 1 aromatic carbocycles. The van der Waals surface area contributed by atoms with Crippen LogP contribution < -0.4 is 48.7 Å². The molecule has 3 rings (SSSR count). The Bertz CT molecular complexity index is 2160. The third kappa shape index (κ3) is 19.3. The summed E-state index contributed by atoms with van der Waals surface area (Å²) in [7, 11) is 0. The summed E-state index contributed by atoms with van der Waals surface area (Å²) >= 11 is 4.00. The third-order valence-corrected chi connectivity index (χ3v) is 14.4. The number of carbonyl (C=O) groups is 10. The van der Waals surface area contributed by atoms with E-state index in [4.69, 9.17) is 11.5 Å². The second kappa shape index (κ2) is 31.4. The molecule has 9 amide bonds. The van der Waals surface area contributed by atoms with E-state index in [9.17, 15) is 63.3 Å². The lowest BCUT2D eigenvalue weighted by Crippen LogP contribution is -2.61. The molecule has 0 saturated carbocycles. The number of nitrogens with two attached hydrogens (primary N) is 2. The van der Waals surface area contributed by atoms with Gasteiger partial charge in [0.25, 0.3) is 0 Å². The van der Waals surface area contributed by atoms with Gasteiger partial charge in [-0.2, -0.15) is 12.6 Å². The molecular weight excluding hydrogens is 1010 g/mol. The fourth-order valence-electron chi connectivity index (χ4n) is 9.22. The average Bonchev–Trinajstić information content (AvgIpc) is 4.07. The minimum absolute atomic E-state index is 0.0452. The van der Waals surface area contributed by atoms with E-state index in [-0.39, 0.29) is 44.0 Å². The minimum atomic E-state index is -1.54. The number of benzene rings is 1. The highest BCUT2D eigenvalue weighted by Crippen LogP contribution is 2.22. The number of carbonyl (C=O) groups excluding carboxylic acids is 9. The van der Waals surface area contributed by atoms with Gasteiger partial charge in [0.2, 0.25) is 53.2 Å². The summed E-state index contributed by atoms with van der Waals surface area (Å²) in [5.74, 6) is -9.24. The lowest BCUT2D eigenvalue weighted by Gasteiger charge is -2.33. The van der Waals surface area contributed by atoms with Crippen molar-refractivity contribution in [2.24, 2.45) is 29.2 Å². The molecule has 24 nitrogen and oxygen atoms in total. The first-order valence-electron chi connectivity index (χ1n) is 26.2. The molecule has 2 fully saturated rings. The Hall–Kier alpha value is -5.89. The molecule has 0 spiro atoms. The van der Waals surface area contributed by atoms with E-state index in [0.717, 1.165) is 5.56 Å². The first-order chi connectivity index (χ1) is 35.9. The van der Waals surface area contributed by atoms with Gasteiger partial charge in [-0.3, -0.25) is 48.1 Å². The first kappa shape index (κ1) is 64.4. The molecule has 2 aliphatic rings. The van der Waals surface area contributed by atoms with Crippen molar-refractivity contribution in [3.63, 3.8) is 0 Å². The summed E-state index contributed by atoms with van der Waals surface area (Å²) < 4.78 is 0. The highest BCUT2D eigenvalue weighted by molar-refractivity contribution is 7.80. The number of nitrogens with zero attached hydrogens (tertiary/aromatic N) is 2. The fourth-order valence-corrected chi connectivity index (χ4v) is 9.38. The van der Waals surface area contributed by atoms with E-state index < -0.39 is 151 Å². The molecule has 2 aliphatic heterocycles. The van der Waals surface area contributed by atoms with Crippen LogP contribution in [0.15, 0.2) is 30.3 Å². The van der Waals surface area contributed by atoms with E-state index in [1.165, 1.54) is 11.8 Å². The molecule has 14 N–H and O–H groups in total. The number of rotatable bonds is 31. The number of hydrogen-bond acceptors (Lipinski definition) is 15. The van der Waals surface area contributed by atoms with Crippen LogP contribution in [0.5, 0.6) is 0 Å². The largest absolute Gasteiger partial charge is 0.480 e. The maximum atomic E-state index is 14.3. The van der Waals surface area contributed by atoms with Crippen LogP contribution in [0.1, 0.15) is 105 Å². The van der Waals surface area contributed by atoms with Gasteiger partial charge in [-0.15, -0.1) is 0 Å². The predicted octanol–water partition coefficient (Wildman–Crippen LogP) is -2.19. The zero-order valence-electron chi connectivity index (χ0n) is 44.8. The summed E-state index contributed by atoms with van der Waals surface area (Å²) in [4.78, 5) is 137. The van der Waals surface area contributed by atoms with Crippen LogP contribution in [0, 0.1) is 17.8 Å². The normalized spacial score (nSPS) is 20.0. The van der Waals surface area contributed by atoms with Gasteiger partial charge in [-0.25, -0.2) is 4.79 Å². The standard InChI is InChI=1S/C51H83N11O13S/c1-8-28(5)40(48(71)57-36(25-63)50(73)62-20-14-18-38(62)47(70)59-41(51(74)75)29(6)9-2)58-46(69)37-17-13-19-61(37)24-32(22-31-15-11-10-12-16-31)54-44(67)35(23-39(53)65)55-45(68)34(21-27(3)4)56-49(72)42(30(7)64)60-43(66)33(52)26-76/h10-12,15-16,27-30,32-38,40-42,63-64,76H,8-9,13-14,17-26,52H2,1-7H3,(H2,53,65)(H,54,67)(H,55,68)(H,56,72)(H,57,71)(H,58,69)(H,59,70)(H,60,66)(H,74,75)/t28?,29?,30?,32-,33-,34-,35-,36-,37-,38-,40-,41-,42-/m0/s1. The van der Waals surface area contributed by atoms with Crippen molar-refractivity contribution in [3.8, 4) is 0 Å². The van der Waals surface area contributed by atoms with E-state index in [1.54, 1.807) is 34.6 Å². The maximum Gasteiger partial charge on any atom is 0.326 e. The van der Waals surface area contributed by atoms with E-state index in [1.807, 2.05) is 42.2 Å². The molecule has 76 heavy (non-hydrogen) atoms. The highest BCUT2D eigenvalue weighted by atomic mass is 32.1. The number of aliphatic carboxylic acids is 1. The molecule has 13 atom stereocenters. The first-order valence-corrected chi connectivity index (χ1v) is 26.9. The van der Waals surface area contributed by atoms with Crippen molar-refractivity contribution in [1.82, 2.24) is 47.0 Å². The molecule has 0 aliphatic carbocycles. The van der Waals surface area contributed by atoms with Crippen molar-refractivity contribution in [3.05, 3.63) is 35.9 Å². The van der Waals surface area contributed by atoms with E-state index in [2.05, 4.69) is 49.8 Å². The van der Waals surface area contributed by atoms with Crippen molar-refractivity contribution in [2.75, 3.05) is 32.0 Å². The summed E-state index contributed by atoms with van der Waals surface area (Å²) in [5.41, 5.74) is 12.1. The number of likely N-dealkylation sites (tertiary alicyclic amines) is 2. The van der Waals surface area contributed by atoms with Crippen LogP contribution in [0.25, 0.3) is 0 Å². The zero-order chi connectivity index (χ0) is 57.0. The summed E-state index contributed by atoms with van der Waals surface area (Å²) in [6.07, 6.45) is 0.723. The Labute approximate surface area is 450 Å². The lowest BCUT2D eigenvalue weighted by atomic mass is 9.97. The molecule has 426 valence electrons. The van der Waals surface area contributed by atoms with Gasteiger partial charge in [-0.05, 0) is 75.3 Å². The number of hydrogen-bond donors (Lipinski definition) is 13. The van der Waals surface area contributed by atoms with Crippen molar-refractivity contribution in [2.45, 2.75) is 173 Å². The Balaban J connectivity index is 1.83. The van der Waals surface area contributed by atoms with E-state index in [0.29, 0.717) is 38.6 Å². The minimum Gasteiger partial charge on any atom is -0.480 e. The van der Waals surface area contributed by atoms with Crippen LogP contribution in [-0.4, -0.2) is 183 Å². The molecule has 1 aromatic rings. The number of carboxylic acid groups (broad SMARTS) is 1. The molecular formula is C51H83N11O13S. The number of nitrogens with one attached hydrogen (secondary N) is 7. The Morgan fingerprint density at radius 3 is 1.79 bits per heavy atom. The van der Waals surface area contributed by atoms with Gasteiger partial charge in [0.1, 0.15) is 42.3 Å². The summed E-state index contributed by atoms with van der Waals surface area (Å²) in [6.45, 7) is 11.6. The smallest absolute Gasteiger partial charge is 0.326 e. The topological polar surface area (TPSA) is 374 Å². The Morgan fingerprint density at radius 2 is 1.22 bits per heavy atom. The number of carboxylic acids is 1. The predicted molar refractivity (Wildman–Crippen MR) is 283 cm³/mol. The van der Waals surface area contributed by atoms with Crippen LogP contribution in [0.3, 0.4) is 0 Å². The lowest BCUT2D eigenvalue weighted by molar-refractivity contribution is -0.146. The van der Waals surface area contributed by atoms with Crippen LogP contribution >= 0.6 is 12.6 Å². The second-order valence-corrected chi connectivity index (χ2v) is 20.9. The van der Waals surface area contributed by atoms with Crippen molar-refractivity contribution in [1.29, 1.82) is 0 Å². The summed E-state index contributed by atoms with van der Waals surface area (Å²) in [6, 6.07) is -2.78. The van der Waals surface area contributed by atoms with Gasteiger partial charge in [-0.1, -0.05) is 84.7 Å². The highest BCUT2D eigenvalue weighted by Gasteiger charge is 2.42. The fraction of sp³-hybridized carbons (Fsp3) is 0.686. The number of thiol groups is 1. The molecule has 25 heteroatoms. The molecule has 2 saturated heterocycles. The number of aliphatic hydroxyl groups excluding tert-OH is 2. The summed E-state index contributed by atoms with van der Waals surface area (Å²) in [5, 5.41) is 49.0. The second-order valence-electron chi connectivity index (χ2n) is 20.5. The van der Waals surface area contributed by atoms with Crippen LogP contribution in [0.2, 0.25) is 0 Å². The van der Waals surface area contributed by atoms with E-state index >= 15 is 0 Å². The molecule has 0 aromatic heterocycles. The molecule has 0 radical (unpaired) electrons. The van der Waals surface area contributed by atoms with Crippen molar-refractivity contribution >= 4 is 71.8 Å². The Kier molecular flexibility index (Phi) is 26.6. The number of amides is 9. The maximum absolute atomic E-state index is 14.3. The average molecular weight is 1090 g/mol. The van der Waals surface area contributed by atoms with Gasteiger partial charge in [0.05, 0.1) is 31.2 Å². The van der Waals surface area contributed by atoms with Crippen LogP contribution in [0.4, 0.5) is 0 Å². The van der Waals surface area contributed by atoms with Gasteiger partial charge in [0.15, 0.2) is 0 Å².